The van der Waals surface area contributed by atoms with Gasteiger partial charge < -0.3 is 5.32 Å². The summed E-state index contributed by atoms with van der Waals surface area (Å²) in [6.45, 7) is 3.14. The first-order chi connectivity index (χ1) is 8.24. The zero-order valence-corrected chi connectivity index (χ0v) is 10.5. The molecule has 0 aliphatic carbocycles. The fraction of sp³-hybridized carbons (Fsp3) is 0.385. The molecule has 1 aromatic heterocycles. The molecule has 0 radical (unpaired) electrons. The van der Waals surface area contributed by atoms with Crippen LogP contribution in [0.4, 0.5) is 0 Å². The van der Waals surface area contributed by atoms with Crippen molar-refractivity contribution in [2.24, 2.45) is 0 Å². The molecule has 88 valence electrons. The van der Waals surface area contributed by atoms with Crippen molar-refractivity contribution in [3.63, 3.8) is 0 Å². The summed E-state index contributed by atoms with van der Waals surface area (Å²) < 4.78 is 0. The maximum absolute atomic E-state index is 5.99. The van der Waals surface area contributed by atoms with E-state index >= 15 is 0 Å². The van der Waals surface area contributed by atoms with Gasteiger partial charge in [0.1, 0.15) is 0 Å². The number of aryl methyl sites for hydroxylation is 1. The van der Waals surface area contributed by atoms with Crippen molar-refractivity contribution >= 4 is 22.5 Å². The van der Waals surface area contributed by atoms with Gasteiger partial charge in [-0.3, -0.25) is 0 Å². The molecule has 1 saturated heterocycles. The Hall–Kier alpha value is -1.19. The Morgan fingerprint density at radius 2 is 2.24 bits per heavy atom. The SMILES string of the molecule is Cc1ccc2nc(Cl)nc(C3CCCN3)c2c1. The topological polar surface area (TPSA) is 37.8 Å². The average molecular weight is 248 g/mol. The molecule has 0 spiro atoms. The van der Waals surface area contributed by atoms with Crippen LogP contribution >= 0.6 is 11.6 Å². The molecule has 3 nitrogen and oxygen atoms in total. The van der Waals surface area contributed by atoms with E-state index in [0.717, 1.165) is 29.6 Å². The molecule has 0 saturated carbocycles. The third-order valence-electron chi connectivity index (χ3n) is 3.24. The molecule has 17 heavy (non-hydrogen) atoms. The third-order valence-corrected chi connectivity index (χ3v) is 3.41. The Morgan fingerprint density at radius 1 is 1.35 bits per heavy atom. The molecule has 1 aromatic carbocycles. The molecule has 2 heterocycles. The normalized spacial score (nSPS) is 20.0. The molecule has 0 amide bonds. The average Bonchev–Trinajstić information content (AvgIpc) is 2.82. The van der Waals surface area contributed by atoms with Gasteiger partial charge in [-0.05, 0) is 50.0 Å². The molecule has 2 aromatic rings. The Balaban J connectivity index is 2.23. The maximum Gasteiger partial charge on any atom is 0.223 e. The van der Waals surface area contributed by atoms with Gasteiger partial charge >= 0.3 is 0 Å². The first-order valence-electron chi connectivity index (χ1n) is 5.91. The van der Waals surface area contributed by atoms with Crippen LogP contribution in [-0.2, 0) is 0 Å². The van der Waals surface area contributed by atoms with Gasteiger partial charge in [0, 0.05) is 5.39 Å². The number of hydrogen-bond donors (Lipinski definition) is 1. The van der Waals surface area contributed by atoms with E-state index in [-0.39, 0.29) is 0 Å². The number of aromatic nitrogens is 2. The summed E-state index contributed by atoms with van der Waals surface area (Å²) in [4.78, 5) is 8.69. The third kappa shape index (κ3) is 2.01. The van der Waals surface area contributed by atoms with Crippen molar-refractivity contribution in [2.45, 2.75) is 25.8 Å². The van der Waals surface area contributed by atoms with E-state index in [9.17, 15) is 0 Å². The molecule has 1 aliphatic rings. The number of halogens is 1. The second-order valence-corrected chi connectivity index (χ2v) is 4.89. The fourth-order valence-corrected chi connectivity index (χ4v) is 2.60. The van der Waals surface area contributed by atoms with E-state index in [2.05, 4.69) is 34.3 Å². The predicted molar refractivity (Wildman–Crippen MR) is 69.3 cm³/mol. The number of rotatable bonds is 1. The smallest absolute Gasteiger partial charge is 0.223 e. The van der Waals surface area contributed by atoms with E-state index < -0.39 is 0 Å². The van der Waals surface area contributed by atoms with Crippen LogP contribution in [0.5, 0.6) is 0 Å². The molecular weight excluding hydrogens is 234 g/mol. The zero-order valence-electron chi connectivity index (χ0n) is 9.70. The number of fused-ring (bicyclic) bond motifs is 1. The van der Waals surface area contributed by atoms with Gasteiger partial charge in [-0.1, -0.05) is 11.6 Å². The molecule has 3 rings (SSSR count). The van der Waals surface area contributed by atoms with Gasteiger partial charge in [-0.25, -0.2) is 9.97 Å². The van der Waals surface area contributed by atoms with Crippen molar-refractivity contribution < 1.29 is 0 Å². The molecule has 1 atom stereocenters. The minimum absolute atomic E-state index is 0.319. The number of nitrogens with one attached hydrogen (secondary N) is 1. The maximum atomic E-state index is 5.99. The molecular formula is C13H14ClN3. The lowest BCUT2D eigenvalue weighted by atomic mass is 10.0. The van der Waals surface area contributed by atoms with Gasteiger partial charge in [-0.15, -0.1) is 0 Å². The van der Waals surface area contributed by atoms with Gasteiger partial charge in [0.15, 0.2) is 0 Å². The molecule has 1 N–H and O–H groups in total. The van der Waals surface area contributed by atoms with Gasteiger partial charge in [0.05, 0.1) is 17.3 Å². The highest BCUT2D eigenvalue weighted by molar-refractivity contribution is 6.28. The largest absolute Gasteiger partial charge is 0.309 e. The van der Waals surface area contributed by atoms with Crippen LogP contribution in [0.2, 0.25) is 5.28 Å². The lowest BCUT2D eigenvalue weighted by molar-refractivity contribution is 0.632. The van der Waals surface area contributed by atoms with Crippen LogP contribution in [0.3, 0.4) is 0 Å². The van der Waals surface area contributed by atoms with Crippen molar-refractivity contribution in [3.05, 3.63) is 34.7 Å². The van der Waals surface area contributed by atoms with Gasteiger partial charge in [0.2, 0.25) is 5.28 Å². The van der Waals surface area contributed by atoms with Crippen molar-refractivity contribution in [3.8, 4) is 0 Å². The first-order valence-corrected chi connectivity index (χ1v) is 6.29. The standard InChI is InChI=1S/C13H14ClN3/c1-8-4-5-10-9(7-8)12(17-13(14)16-10)11-3-2-6-15-11/h4-5,7,11,15H,2-3,6H2,1H3. The van der Waals surface area contributed by atoms with E-state index in [4.69, 9.17) is 11.6 Å². The lowest BCUT2D eigenvalue weighted by Gasteiger charge is -2.13. The van der Waals surface area contributed by atoms with Crippen molar-refractivity contribution in [1.82, 2.24) is 15.3 Å². The quantitative estimate of drug-likeness (QED) is 0.788. The molecule has 1 aliphatic heterocycles. The minimum atomic E-state index is 0.319. The molecule has 0 bridgehead atoms. The summed E-state index contributed by atoms with van der Waals surface area (Å²) in [6, 6.07) is 6.52. The van der Waals surface area contributed by atoms with E-state index in [1.807, 2.05) is 6.07 Å². The van der Waals surface area contributed by atoms with Crippen LogP contribution in [0.1, 0.15) is 30.1 Å². The highest BCUT2D eigenvalue weighted by Crippen LogP contribution is 2.29. The fourth-order valence-electron chi connectivity index (χ4n) is 2.42. The van der Waals surface area contributed by atoms with Gasteiger partial charge in [-0.2, -0.15) is 0 Å². The Kier molecular flexibility index (Phi) is 2.73. The summed E-state index contributed by atoms with van der Waals surface area (Å²) in [5, 5.41) is 4.92. The van der Waals surface area contributed by atoms with Crippen LogP contribution in [0.15, 0.2) is 18.2 Å². The molecule has 4 heteroatoms. The number of nitrogens with zero attached hydrogens (tertiary/aromatic N) is 2. The summed E-state index contributed by atoms with van der Waals surface area (Å²) in [6.07, 6.45) is 2.32. The number of benzene rings is 1. The van der Waals surface area contributed by atoms with Gasteiger partial charge in [0.25, 0.3) is 0 Å². The molecule has 1 fully saturated rings. The van der Waals surface area contributed by atoms with Crippen molar-refractivity contribution in [1.29, 1.82) is 0 Å². The number of hydrogen-bond acceptors (Lipinski definition) is 3. The Morgan fingerprint density at radius 3 is 3.00 bits per heavy atom. The highest BCUT2D eigenvalue weighted by Gasteiger charge is 2.20. The monoisotopic (exact) mass is 247 g/mol. The second kappa shape index (κ2) is 4.24. The Bertz CT molecular complexity index is 562. The van der Waals surface area contributed by atoms with Crippen LogP contribution < -0.4 is 5.32 Å². The van der Waals surface area contributed by atoms with Crippen molar-refractivity contribution in [2.75, 3.05) is 6.54 Å². The van der Waals surface area contributed by atoms with Crippen LogP contribution in [-0.4, -0.2) is 16.5 Å². The summed E-state index contributed by atoms with van der Waals surface area (Å²) >= 11 is 5.99. The lowest BCUT2D eigenvalue weighted by Crippen LogP contribution is -2.15. The second-order valence-electron chi connectivity index (χ2n) is 4.55. The summed E-state index contributed by atoms with van der Waals surface area (Å²) in [7, 11) is 0. The van der Waals surface area contributed by atoms with E-state index in [1.165, 1.54) is 12.0 Å². The van der Waals surface area contributed by atoms with Crippen LogP contribution in [0, 0.1) is 6.92 Å². The minimum Gasteiger partial charge on any atom is -0.309 e. The zero-order chi connectivity index (χ0) is 11.8. The van der Waals surface area contributed by atoms with E-state index in [0.29, 0.717) is 11.3 Å². The first kappa shape index (κ1) is 10.9. The predicted octanol–water partition coefficient (Wildman–Crippen LogP) is 3.02. The molecule has 1 unspecified atom stereocenters. The van der Waals surface area contributed by atoms with Crippen LogP contribution in [0.25, 0.3) is 10.9 Å². The summed E-state index contributed by atoms with van der Waals surface area (Å²) in [5.41, 5.74) is 3.20. The summed E-state index contributed by atoms with van der Waals surface area (Å²) in [5.74, 6) is 0. The Labute approximate surface area is 105 Å². The highest BCUT2D eigenvalue weighted by atomic mass is 35.5. The van der Waals surface area contributed by atoms with E-state index in [1.54, 1.807) is 0 Å².